The SMILES string of the molecule is N#Cc1cn(CCC(CO)CO)c2nc(N)[nH]c(=O)c12. The minimum atomic E-state index is -0.455. The fourth-order valence-electron chi connectivity index (χ4n) is 2.03. The van der Waals surface area contributed by atoms with Gasteiger partial charge < -0.3 is 20.5 Å². The zero-order valence-electron chi connectivity index (χ0n) is 10.7. The number of aliphatic hydroxyl groups is 2. The summed E-state index contributed by atoms with van der Waals surface area (Å²) in [5.74, 6) is -0.274. The van der Waals surface area contributed by atoms with Crippen LogP contribution in [0, 0.1) is 17.2 Å². The highest BCUT2D eigenvalue weighted by molar-refractivity contribution is 5.83. The number of hydrogen-bond donors (Lipinski definition) is 4. The highest BCUT2D eigenvalue weighted by Crippen LogP contribution is 2.17. The van der Waals surface area contributed by atoms with Gasteiger partial charge in [0.1, 0.15) is 11.5 Å². The molecule has 0 unspecified atom stereocenters. The van der Waals surface area contributed by atoms with Gasteiger partial charge in [-0.25, -0.2) is 0 Å². The lowest BCUT2D eigenvalue weighted by Crippen LogP contribution is -2.15. The van der Waals surface area contributed by atoms with Crippen molar-refractivity contribution in [1.29, 1.82) is 5.26 Å². The number of aliphatic hydroxyl groups excluding tert-OH is 2. The Balaban J connectivity index is 2.44. The molecule has 8 nitrogen and oxygen atoms in total. The van der Waals surface area contributed by atoms with E-state index in [0.717, 1.165) is 0 Å². The summed E-state index contributed by atoms with van der Waals surface area (Å²) < 4.78 is 1.64. The first-order valence-corrected chi connectivity index (χ1v) is 6.11. The highest BCUT2D eigenvalue weighted by Gasteiger charge is 2.15. The molecule has 0 aliphatic rings. The summed E-state index contributed by atoms with van der Waals surface area (Å²) >= 11 is 0. The van der Waals surface area contributed by atoms with Crippen molar-refractivity contribution in [2.75, 3.05) is 18.9 Å². The van der Waals surface area contributed by atoms with Crippen LogP contribution >= 0.6 is 0 Å². The Bertz CT molecular complexity index is 708. The smallest absolute Gasteiger partial charge is 0.263 e. The number of rotatable bonds is 5. The molecule has 0 aromatic carbocycles. The summed E-state index contributed by atoms with van der Waals surface area (Å²) in [4.78, 5) is 18.2. The summed E-state index contributed by atoms with van der Waals surface area (Å²) in [5, 5.41) is 27.3. The van der Waals surface area contributed by atoms with E-state index in [1.54, 1.807) is 4.57 Å². The predicted molar refractivity (Wildman–Crippen MR) is 71.8 cm³/mol. The third-order valence-electron chi connectivity index (χ3n) is 3.16. The zero-order chi connectivity index (χ0) is 14.7. The van der Waals surface area contributed by atoms with Crippen molar-refractivity contribution in [1.82, 2.24) is 14.5 Å². The van der Waals surface area contributed by atoms with E-state index in [-0.39, 0.29) is 36.0 Å². The Morgan fingerprint density at radius 3 is 2.80 bits per heavy atom. The number of aromatic nitrogens is 3. The summed E-state index contributed by atoms with van der Waals surface area (Å²) in [6, 6.07) is 1.95. The van der Waals surface area contributed by atoms with E-state index in [9.17, 15) is 4.79 Å². The van der Waals surface area contributed by atoms with Crippen molar-refractivity contribution in [2.45, 2.75) is 13.0 Å². The molecule has 0 bridgehead atoms. The Hall–Kier alpha value is -2.37. The van der Waals surface area contributed by atoms with Crippen LogP contribution in [0.15, 0.2) is 11.0 Å². The van der Waals surface area contributed by atoms with E-state index in [1.165, 1.54) is 6.20 Å². The normalized spacial score (nSPS) is 11.1. The van der Waals surface area contributed by atoms with Gasteiger partial charge in [-0.1, -0.05) is 0 Å². The molecular weight excluding hydrogens is 262 g/mol. The van der Waals surface area contributed by atoms with Gasteiger partial charge >= 0.3 is 0 Å². The topological polar surface area (TPSA) is 141 Å². The number of anilines is 1. The van der Waals surface area contributed by atoms with Gasteiger partial charge in [0, 0.05) is 31.9 Å². The second kappa shape index (κ2) is 5.73. The Kier molecular flexibility index (Phi) is 4.02. The van der Waals surface area contributed by atoms with E-state index in [4.69, 9.17) is 21.2 Å². The van der Waals surface area contributed by atoms with E-state index < -0.39 is 5.56 Å². The Morgan fingerprint density at radius 2 is 2.20 bits per heavy atom. The summed E-state index contributed by atoms with van der Waals surface area (Å²) in [6.07, 6.45) is 2.02. The van der Waals surface area contributed by atoms with Crippen LogP contribution in [0.1, 0.15) is 12.0 Å². The van der Waals surface area contributed by atoms with Crippen molar-refractivity contribution < 1.29 is 10.2 Å². The van der Waals surface area contributed by atoms with Crippen LogP contribution in [0.5, 0.6) is 0 Å². The molecule has 5 N–H and O–H groups in total. The summed E-state index contributed by atoms with van der Waals surface area (Å²) in [6.45, 7) is 0.160. The van der Waals surface area contributed by atoms with E-state index in [1.807, 2.05) is 6.07 Å². The van der Waals surface area contributed by atoms with Crippen LogP contribution in [-0.2, 0) is 6.54 Å². The molecular formula is C12H15N5O3. The number of nitrogens with two attached hydrogens (primary N) is 1. The number of nitrogens with one attached hydrogen (secondary N) is 1. The molecule has 0 aliphatic carbocycles. The third kappa shape index (κ3) is 2.49. The molecule has 2 aromatic rings. The molecule has 0 spiro atoms. The zero-order valence-corrected chi connectivity index (χ0v) is 10.7. The molecule has 106 valence electrons. The van der Waals surface area contributed by atoms with Gasteiger partial charge in [0.15, 0.2) is 5.65 Å². The summed E-state index contributed by atoms with van der Waals surface area (Å²) in [7, 11) is 0. The Morgan fingerprint density at radius 1 is 1.50 bits per heavy atom. The highest BCUT2D eigenvalue weighted by atomic mass is 16.3. The van der Waals surface area contributed by atoms with Gasteiger partial charge in [-0.3, -0.25) is 9.78 Å². The first-order valence-electron chi connectivity index (χ1n) is 6.11. The van der Waals surface area contributed by atoms with Crippen molar-refractivity contribution >= 4 is 17.0 Å². The fourth-order valence-corrected chi connectivity index (χ4v) is 2.03. The van der Waals surface area contributed by atoms with Crippen LogP contribution in [-0.4, -0.2) is 38.0 Å². The van der Waals surface area contributed by atoms with E-state index in [2.05, 4.69) is 9.97 Å². The fraction of sp³-hybridized carbons (Fsp3) is 0.417. The quantitative estimate of drug-likeness (QED) is 0.562. The van der Waals surface area contributed by atoms with Crippen molar-refractivity contribution in [3.05, 3.63) is 22.1 Å². The number of nitrogens with zero attached hydrogens (tertiary/aromatic N) is 3. The average molecular weight is 277 g/mol. The van der Waals surface area contributed by atoms with Gasteiger partial charge in [0.05, 0.1) is 5.56 Å². The van der Waals surface area contributed by atoms with E-state index in [0.29, 0.717) is 18.6 Å². The first kappa shape index (κ1) is 14.0. The molecule has 0 radical (unpaired) electrons. The summed E-state index contributed by atoms with van der Waals surface area (Å²) in [5.41, 5.74) is 5.61. The minimum Gasteiger partial charge on any atom is -0.396 e. The van der Waals surface area contributed by atoms with Crippen LogP contribution < -0.4 is 11.3 Å². The Labute approximate surface area is 114 Å². The lowest BCUT2D eigenvalue weighted by atomic mass is 10.1. The maximum atomic E-state index is 11.8. The van der Waals surface area contributed by atoms with Crippen LogP contribution in [0.25, 0.3) is 11.0 Å². The van der Waals surface area contributed by atoms with Crippen LogP contribution in [0.2, 0.25) is 0 Å². The number of aryl methyl sites for hydroxylation is 1. The first-order chi connectivity index (χ1) is 9.60. The molecule has 2 rings (SSSR count). The second-order valence-electron chi connectivity index (χ2n) is 4.52. The molecule has 0 atom stereocenters. The second-order valence-corrected chi connectivity index (χ2v) is 4.52. The van der Waals surface area contributed by atoms with Gasteiger partial charge in [-0.05, 0) is 6.42 Å². The van der Waals surface area contributed by atoms with E-state index >= 15 is 0 Å². The largest absolute Gasteiger partial charge is 0.396 e. The minimum absolute atomic E-state index is 0.0211. The number of nitriles is 1. The standard InChI is InChI=1S/C12H15N5O3/c13-3-8-4-17(2-1-7(5-18)6-19)10-9(8)11(20)16-12(14)15-10/h4,7,18-19H,1-2,5-6H2,(H3,14,15,16,20). The van der Waals surface area contributed by atoms with Gasteiger partial charge in [-0.2, -0.15) is 10.2 Å². The van der Waals surface area contributed by atoms with Gasteiger partial charge in [0.2, 0.25) is 5.95 Å². The number of aromatic amines is 1. The molecule has 20 heavy (non-hydrogen) atoms. The average Bonchev–Trinajstić information content (AvgIpc) is 2.78. The molecule has 8 heteroatoms. The van der Waals surface area contributed by atoms with Gasteiger partial charge in [-0.15, -0.1) is 0 Å². The molecule has 2 aromatic heterocycles. The lowest BCUT2D eigenvalue weighted by Gasteiger charge is -2.11. The van der Waals surface area contributed by atoms with Crippen molar-refractivity contribution in [2.24, 2.45) is 5.92 Å². The molecule has 0 amide bonds. The van der Waals surface area contributed by atoms with Crippen LogP contribution in [0.4, 0.5) is 5.95 Å². The predicted octanol–water partition coefficient (Wildman–Crippen LogP) is -0.831. The monoisotopic (exact) mass is 277 g/mol. The molecule has 0 saturated carbocycles. The van der Waals surface area contributed by atoms with Crippen molar-refractivity contribution in [3.63, 3.8) is 0 Å². The number of fused-ring (bicyclic) bond motifs is 1. The molecule has 0 aliphatic heterocycles. The van der Waals surface area contributed by atoms with Gasteiger partial charge in [0.25, 0.3) is 5.56 Å². The molecule has 0 fully saturated rings. The van der Waals surface area contributed by atoms with Crippen molar-refractivity contribution in [3.8, 4) is 6.07 Å². The number of nitrogen functional groups attached to an aromatic ring is 1. The maximum Gasteiger partial charge on any atom is 0.263 e. The maximum absolute atomic E-state index is 11.8. The molecule has 0 saturated heterocycles. The lowest BCUT2D eigenvalue weighted by molar-refractivity contribution is 0.140. The number of H-pyrrole nitrogens is 1. The number of hydrogen-bond acceptors (Lipinski definition) is 6. The van der Waals surface area contributed by atoms with Crippen LogP contribution in [0.3, 0.4) is 0 Å². The third-order valence-corrected chi connectivity index (χ3v) is 3.16. The molecule has 2 heterocycles.